The van der Waals surface area contributed by atoms with Gasteiger partial charge in [-0.2, -0.15) is 0 Å². The van der Waals surface area contributed by atoms with Gasteiger partial charge in [0.2, 0.25) is 5.91 Å². The first-order valence-corrected chi connectivity index (χ1v) is 11.1. The average Bonchev–Trinajstić information content (AvgIpc) is 3.13. The van der Waals surface area contributed by atoms with E-state index in [9.17, 15) is 19.5 Å². The monoisotopic (exact) mass is 469 g/mol. The number of benzene rings is 2. The molecule has 0 saturated heterocycles. The zero-order valence-electron chi connectivity index (χ0n) is 19.6. The standard InChI is InChI=1S/C25H31N3O6/c1-28(2)13-12-21(23(29)26-22(15-33-3)24(30)31)27-25(32)34-14-20-18-10-6-4-8-16(18)17-9-5-7-11-19(17)20/h4-11,20-22H,12-15H2,1-3H3,(H,26,29)(H,27,32)(H,30,31). The van der Waals surface area contributed by atoms with Crippen molar-refractivity contribution < 1.29 is 29.0 Å². The predicted octanol–water partition coefficient (Wildman–Crippen LogP) is 2.06. The molecule has 1 aliphatic rings. The zero-order valence-corrected chi connectivity index (χ0v) is 19.6. The van der Waals surface area contributed by atoms with Gasteiger partial charge < -0.3 is 30.1 Å². The molecule has 0 aliphatic heterocycles. The summed E-state index contributed by atoms with van der Waals surface area (Å²) in [6, 6.07) is 13.8. The number of hydrogen-bond donors (Lipinski definition) is 3. The van der Waals surface area contributed by atoms with Crippen LogP contribution in [0.15, 0.2) is 48.5 Å². The van der Waals surface area contributed by atoms with Gasteiger partial charge in [0.15, 0.2) is 6.04 Å². The number of fused-ring (bicyclic) bond motifs is 3. The Morgan fingerprint density at radius 1 is 0.971 bits per heavy atom. The van der Waals surface area contributed by atoms with E-state index in [2.05, 4.69) is 22.8 Å². The van der Waals surface area contributed by atoms with E-state index >= 15 is 0 Å². The molecule has 2 aromatic carbocycles. The van der Waals surface area contributed by atoms with Crippen molar-refractivity contribution in [1.82, 2.24) is 15.5 Å². The molecule has 1 aliphatic carbocycles. The summed E-state index contributed by atoms with van der Waals surface area (Å²) in [5, 5.41) is 14.3. The molecule has 0 radical (unpaired) electrons. The van der Waals surface area contributed by atoms with Crippen LogP contribution in [0, 0.1) is 0 Å². The molecule has 34 heavy (non-hydrogen) atoms. The van der Waals surface area contributed by atoms with Crippen LogP contribution in [-0.2, 0) is 19.1 Å². The maximum atomic E-state index is 12.7. The van der Waals surface area contributed by atoms with Gasteiger partial charge in [0, 0.05) is 13.0 Å². The van der Waals surface area contributed by atoms with E-state index in [1.807, 2.05) is 55.4 Å². The normalized spacial score (nSPS) is 14.1. The lowest BCUT2D eigenvalue weighted by Crippen LogP contribution is -2.53. The molecule has 0 bridgehead atoms. The number of ether oxygens (including phenoxy) is 2. The van der Waals surface area contributed by atoms with Crippen molar-refractivity contribution in [3.63, 3.8) is 0 Å². The van der Waals surface area contributed by atoms with E-state index in [4.69, 9.17) is 9.47 Å². The lowest BCUT2D eigenvalue weighted by molar-refractivity contribution is -0.143. The number of amides is 2. The Labute approximate surface area is 199 Å². The largest absolute Gasteiger partial charge is 0.480 e. The first-order chi connectivity index (χ1) is 16.3. The number of rotatable bonds is 11. The summed E-state index contributed by atoms with van der Waals surface area (Å²) in [5.41, 5.74) is 4.41. The first-order valence-electron chi connectivity index (χ1n) is 11.1. The van der Waals surface area contributed by atoms with Crippen molar-refractivity contribution in [2.45, 2.75) is 24.4 Å². The van der Waals surface area contributed by atoms with E-state index < -0.39 is 30.1 Å². The molecule has 0 saturated carbocycles. The molecule has 2 unspecified atom stereocenters. The fourth-order valence-electron chi connectivity index (χ4n) is 4.05. The second-order valence-corrected chi connectivity index (χ2v) is 8.47. The third-order valence-corrected chi connectivity index (χ3v) is 5.77. The van der Waals surface area contributed by atoms with Crippen LogP contribution in [0.2, 0.25) is 0 Å². The van der Waals surface area contributed by atoms with Crippen molar-refractivity contribution in [1.29, 1.82) is 0 Å². The lowest BCUT2D eigenvalue weighted by Gasteiger charge is -2.23. The molecule has 182 valence electrons. The summed E-state index contributed by atoms with van der Waals surface area (Å²) < 4.78 is 10.4. The van der Waals surface area contributed by atoms with Crippen LogP contribution in [-0.4, -0.2) is 81.0 Å². The molecular formula is C25H31N3O6. The fraction of sp³-hybridized carbons (Fsp3) is 0.400. The van der Waals surface area contributed by atoms with Crippen LogP contribution < -0.4 is 10.6 Å². The topological polar surface area (TPSA) is 117 Å². The minimum absolute atomic E-state index is 0.106. The quantitative estimate of drug-likeness (QED) is 0.461. The average molecular weight is 470 g/mol. The Balaban J connectivity index is 1.66. The number of carbonyl (C=O) groups is 3. The molecule has 0 fully saturated rings. The Morgan fingerprint density at radius 3 is 2.09 bits per heavy atom. The van der Waals surface area contributed by atoms with Gasteiger partial charge in [-0.15, -0.1) is 0 Å². The molecule has 0 aromatic heterocycles. The third-order valence-electron chi connectivity index (χ3n) is 5.77. The molecule has 9 nitrogen and oxygen atoms in total. The second-order valence-electron chi connectivity index (χ2n) is 8.47. The van der Waals surface area contributed by atoms with Crippen molar-refractivity contribution in [3.05, 3.63) is 59.7 Å². The molecule has 3 rings (SSSR count). The van der Waals surface area contributed by atoms with Gasteiger partial charge in [-0.1, -0.05) is 48.5 Å². The van der Waals surface area contributed by atoms with Crippen LogP contribution in [0.5, 0.6) is 0 Å². The summed E-state index contributed by atoms with van der Waals surface area (Å²) in [4.78, 5) is 38.6. The summed E-state index contributed by atoms with van der Waals surface area (Å²) in [6.07, 6.45) is -0.457. The van der Waals surface area contributed by atoms with Gasteiger partial charge in [-0.3, -0.25) is 4.79 Å². The zero-order chi connectivity index (χ0) is 24.7. The molecular weight excluding hydrogens is 438 g/mol. The number of nitrogens with zero attached hydrogens (tertiary/aromatic N) is 1. The van der Waals surface area contributed by atoms with Gasteiger partial charge in [0.05, 0.1) is 6.61 Å². The smallest absolute Gasteiger partial charge is 0.407 e. The van der Waals surface area contributed by atoms with E-state index in [1.165, 1.54) is 7.11 Å². The van der Waals surface area contributed by atoms with Crippen LogP contribution in [0.4, 0.5) is 4.79 Å². The molecule has 9 heteroatoms. The van der Waals surface area contributed by atoms with E-state index in [0.717, 1.165) is 22.3 Å². The Bertz CT molecular complexity index is 980. The Hall–Kier alpha value is -3.43. The van der Waals surface area contributed by atoms with Gasteiger partial charge in [0.1, 0.15) is 12.6 Å². The van der Waals surface area contributed by atoms with Gasteiger partial charge in [-0.25, -0.2) is 9.59 Å². The van der Waals surface area contributed by atoms with Gasteiger partial charge in [-0.05, 0) is 49.3 Å². The van der Waals surface area contributed by atoms with Crippen LogP contribution in [0.1, 0.15) is 23.5 Å². The number of carboxylic acid groups (broad SMARTS) is 1. The van der Waals surface area contributed by atoms with Gasteiger partial charge >= 0.3 is 12.1 Å². The number of carbonyl (C=O) groups excluding carboxylic acids is 2. The third kappa shape index (κ3) is 6.12. The maximum Gasteiger partial charge on any atom is 0.407 e. The van der Waals surface area contributed by atoms with Crippen molar-refractivity contribution in [3.8, 4) is 11.1 Å². The Morgan fingerprint density at radius 2 is 1.56 bits per heavy atom. The lowest BCUT2D eigenvalue weighted by atomic mass is 9.98. The number of hydrogen-bond acceptors (Lipinski definition) is 6. The molecule has 0 spiro atoms. The molecule has 2 amide bonds. The van der Waals surface area contributed by atoms with Gasteiger partial charge in [0.25, 0.3) is 0 Å². The minimum atomic E-state index is -1.22. The number of alkyl carbamates (subject to hydrolysis) is 1. The molecule has 3 N–H and O–H groups in total. The number of nitrogens with one attached hydrogen (secondary N) is 2. The van der Waals surface area contributed by atoms with E-state index in [1.54, 1.807) is 0 Å². The number of aliphatic carboxylic acids is 1. The van der Waals surface area contributed by atoms with Crippen LogP contribution >= 0.6 is 0 Å². The first kappa shape index (κ1) is 25.2. The summed E-state index contributed by atoms with van der Waals surface area (Å²) in [7, 11) is 5.03. The molecule has 0 heterocycles. The highest BCUT2D eigenvalue weighted by Crippen LogP contribution is 2.44. The summed E-state index contributed by atoms with van der Waals surface area (Å²) in [6.45, 7) is 0.430. The SMILES string of the molecule is COCC(NC(=O)C(CCN(C)C)NC(=O)OCC1c2ccccc2-c2ccccc21)C(=O)O. The maximum absolute atomic E-state index is 12.7. The highest BCUT2D eigenvalue weighted by atomic mass is 16.5. The summed E-state index contributed by atoms with van der Waals surface area (Å²) in [5.74, 6) is -1.94. The van der Waals surface area contributed by atoms with Crippen molar-refractivity contribution in [2.75, 3.05) is 41.0 Å². The number of methoxy groups -OCH3 is 1. The highest BCUT2D eigenvalue weighted by Gasteiger charge is 2.30. The highest BCUT2D eigenvalue weighted by molar-refractivity contribution is 5.89. The fourth-order valence-corrected chi connectivity index (χ4v) is 4.05. The second kappa shape index (κ2) is 11.6. The minimum Gasteiger partial charge on any atom is -0.480 e. The summed E-state index contributed by atoms with van der Waals surface area (Å²) >= 11 is 0. The van der Waals surface area contributed by atoms with E-state index in [0.29, 0.717) is 6.54 Å². The van der Waals surface area contributed by atoms with E-state index in [-0.39, 0.29) is 25.6 Å². The van der Waals surface area contributed by atoms with Crippen molar-refractivity contribution >= 4 is 18.0 Å². The number of carboxylic acids is 1. The Kier molecular flexibility index (Phi) is 8.61. The van der Waals surface area contributed by atoms with Crippen molar-refractivity contribution in [2.24, 2.45) is 0 Å². The predicted molar refractivity (Wildman–Crippen MR) is 127 cm³/mol. The van der Waals surface area contributed by atoms with Crippen LogP contribution in [0.25, 0.3) is 11.1 Å². The van der Waals surface area contributed by atoms with Crippen LogP contribution in [0.3, 0.4) is 0 Å². The molecule has 2 atom stereocenters. The molecule has 2 aromatic rings.